The van der Waals surface area contributed by atoms with Crippen molar-refractivity contribution in [2.75, 3.05) is 0 Å². The van der Waals surface area contributed by atoms with Crippen molar-refractivity contribution in [3.05, 3.63) is 12.2 Å². The van der Waals surface area contributed by atoms with Gasteiger partial charge in [0.25, 0.3) is 0 Å². The van der Waals surface area contributed by atoms with Crippen molar-refractivity contribution < 1.29 is 9.59 Å². The minimum atomic E-state index is -0.550. The molecule has 0 aliphatic heterocycles. The maximum absolute atomic E-state index is 11.1. The van der Waals surface area contributed by atoms with E-state index in [2.05, 4.69) is 6.58 Å². The molecule has 0 aromatic heterocycles. The Morgan fingerprint density at radius 2 is 1.69 bits per heavy atom. The van der Waals surface area contributed by atoms with E-state index in [1.165, 1.54) is 13.8 Å². The van der Waals surface area contributed by atoms with E-state index in [0.29, 0.717) is 6.42 Å². The molecule has 13 heavy (non-hydrogen) atoms. The summed E-state index contributed by atoms with van der Waals surface area (Å²) in [5, 5.41) is 0. The number of Topliss-reactive ketones (excluding diaryl/α,β-unsaturated/α-hetero) is 2. The van der Waals surface area contributed by atoms with Gasteiger partial charge in [0.15, 0.2) is 0 Å². The van der Waals surface area contributed by atoms with E-state index in [4.69, 9.17) is 5.73 Å². The highest BCUT2D eigenvalue weighted by Gasteiger charge is 2.20. The predicted octanol–water partition coefficient (Wildman–Crippen LogP) is 1.07. The maximum atomic E-state index is 11.1. The average Bonchev–Trinajstić information content (AvgIpc) is 1.97. The topological polar surface area (TPSA) is 60.2 Å². The van der Waals surface area contributed by atoms with Gasteiger partial charge in [-0.3, -0.25) is 9.59 Å². The largest absolute Gasteiger partial charge is 0.321 e. The van der Waals surface area contributed by atoms with Crippen LogP contribution in [0.2, 0.25) is 0 Å². The van der Waals surface area contributed by atoms with Gasteiger partial charge in [0, 0.05) is 5.92 Å². The van der Waals surface area contributed by atoms with E-state index in [-0.39, 0.29) is 17.5 Å². The second kappa shape index (κ2) is 4.92. The Labute approximate surface area is 79.0 Å². The van der Waals surface area contributed by atoms with Crippen LogP contribution >= 0.6 is 0 Å². The fourth-order valence-corrected chi connectivity index (χ4v) is 1.13. The number of carbonyl (C=O) groups excluding carboxylic acids is 2. The van der Waals surface area contributed by atoms with Gasteiger partial charge in [-0.15, -0.1) is 0 Å². The van der Waals surface area contributed by atoms with Crippen LogP contribution in [-0.2, 0) is 9.59 Å². The molecule has 3 nitrogen and oxygen atoms in total. The molecule has 0 saturated heterocycles. The Bertz CT molecular complexity index is 219. The van der Waals surface area contributed by atoms with Crippen molar-refractivity contribution in [2.24, 2.45) is 11.7 Å². The van der Waals surface area contributed by atoms with Gasteiger partial charge in [-0.1, -0.05) is 12.2 Å². The Morgan fingerprint density at radius 1 is 1.23 bits per heavy atom. The lowest BCUT2D eigenvalue weighted by Crippen LogP contribution is -2.32. The summed E-state index contributed by atoms with van der Waals surface area (Å²) in [6.45, 7) is 8.40. The highest BCUT2D eigenvalue weighted by atomic mass is 16.1. The fraction of sp³-hybridized carbons (Fsp3) is 0.600. The molecular weight excluding hydrogens is 166 g/mol. The Morgan fingerprint density at radius 3 is 1.92 bits per heavy atom. The molecule has 0 aliphatic carbocycles. The van der Waals surface area contributed by atoms with Gasteiger partial charge in [-0.2, -0.15) is 0 Å². The molecule has 2 atom stereocenters. The summed E-state index contributed by atoms with van der Waals surface area (Å²) in [4.78, 5) is 22.0. The van der Waals surface area contributed by atoms with E-state index in [1.807, 2.05) is 0 Å². The summed E-state index contributed by atoms with van der Waals surface area (Å²) >= 11 is 0. The van der Waals surface area contributed by atoms with Gasteiger partial charge in [0.1, 0.15) is 11.6 Å². The van der Waals surface area contributed by atoms with Crippen molar-refractivity contribution in [3.63, 3.8) is 0 Å². The zero-order valence-corrected chi connectivity index (χ0v) is 8.46. The van der Waals surface area contributed by atoms with Crippen LogP contribution in [0.3, 0.4) is 0 Å². The first-order valence-electron chi connectivity index (χ1n) is 4.28. The number of ketones is 2. The summed E-state index contributed by atoms with van der Waals surface area (Å²) in [6.07, 6.45) is 0.375. The lowest BCUT2D eigenvalue weighted by Gasteiger charge is -2.16. The molecule has 0 bridgehead atoms. The number of allylic oxidation sites excluding steroid dienone is 1. The van der Waals surface area contributed by atoms with Crippen molar-refractivity contribution in [2.45, 2.75) is 33.2 Å². The second-order valence-electron chi connectivity index (χ2n) is 3.46. The molecule has 0 rings (SSSR count). The third kappa shape index (κ3) is 3.99. The summed E-state index contributed by atoms with van der Waals surface area (Å²) in [6, 6.07) is -0.550. The number of rotatable bonds is 5. The van der Waals surface area contributed by atoms with Crippen molar-refractivity contribution in [1.82, 2.24) is 0 Å². The normalized spacial score (nSPS) is 14.8. The molecule has 2 unspecified atom stereocenters. The standard InChI is InChI=1S/C10H17NO2/c1-6(2)9(7(3)12)5-10(11)8(4)13/h9-10H,1,5,11H2,2-4H3. The van der Waals surface area contributed by atoms with Crippen molar-refractivity contribution in [1.29, 1.82) is 0 Å². The molecule has 3 heteroatoms. The van der Waals surface area contributed by atoms with Gasteiger partial charge in [0.05, 0.1) is 6.04 Å². The number of hydrogen-bond acceptors (Lipinski definition) is 3. The molecule has 0 saturated carbocycles. The third-order valence-corrected chi connectivity index (χ3v) is 2.10. The van der Waals surface area contributed by atoms with Crippen LogP contribution in [0.5, 0.6) is 0 Å². The smallest absolute Gasteiger partial charge is 0.146 e. The first kappa shape index (κ1) is 12.0. The molecular formula is C10H17NO2. The average molecular weight is 183 g/mol. The van der Waals surface area contributed by atoms with Crippen LogP contribution in [0.15, 0.2) is 12.2 Å². The van der Waals surface area contributed by atoms with E-state index in [9.17, 15) is 9.59 Å². The molecule has 0 aromatic rings. The minimum absolute atomic E-state index is 0.0178. The molecule has 0 aliphatic rings. The maximum Gasteiger partial charge on any atom is 0.146 e. The zero-order valence-electron chi connectivity index (χ0n) is 8.46. The number of nitrogens with two attached hydrogens (primary N) is 1. The molecule has 74 valence electrons. The summed E-state index contributed by atoms with van der Waals surface area (Å²) < 4.78 is 0. The number of hydrogen-bond donors (Lipinski definition) is 1. The lowest BCUT2D eigenvalue weighted by atomic mass is 9.90. The van der Waals surface area contributed by atoms with Crippen LogP contribution in [0.1, 0.15) is 27.2 Å². The van der Waals surface area contributed by atoms with Crippen molar-refractivity contribution >= 4 is 11.6 Å². The van der Waals surface area contributed by atoms with Crippen molar-refractivity contribution in [3.8, 4) is 0 Å². The first-order chi connectivity index (χ1) is 5.86. The Hall–Kier alpha value is -0.960. The third-order valence-electron chi connectivity index (χ3n) is 2.10. The fourth-order valence-electron chi connectivity index (χ4n) is 1.13. The minimum Gasteiger partial charge on any atom is -0.321 e. The molecule has 0 spiro atoms. The first-order valence-corrected chi connectivity index (χ1v) is 4.28. The van der Waals surface area contributed by atoms with Crippen LogP contribution in [-0.4, -0.2) is 17.6 Å². The van der Waals surface area contributed by atoms with Crippen LogP contribution in [0.4, 0.5) is 0 Å². The molecule has 0 amide bonds. The highest BCUT2D eigenvalue weighted by molar-refractivity contribution is 5.84. The van der Waals surface area contributed by atoms with Gasteiger partial charge >= 0.3 is 0 Å². The molecule has 0 radical (unpaired) electrons. The van der Waals surface area contributed by atoms with Crippen LogP contribution < -0.4 is 5.73 Å². The van der Waals surface area contributed by atoms with Gasteiger partial charge in [-0.25, -0.2) is 0 Å². The van der Waals surface area contributed by atoms with Gasteiger partial charge in [0.2, 0.25) is 0 Å². The van der Waals surface area contributed by atoms with Gasteiger partial charge in [-0.05, 0) is 27.2 Å². The van der Waals surface area contributed by atoms with Crippen LogP contribution in [0, 0.1) is 5.92 Å². The zero-order chi connectivity index (χ0) is 10.6. The molecule has 2 N–H and O–H groups in total. The van der Waals surface area contributed by atoms with E-state index in [1.54, 1.807) is 6.92 Å². The summed E-state index contributed by atoms with van der Waals surface area (Å²) in [5.74, 6) is -0.351. The van der Waals surface area contributed by atoms with E-state index >= 15 is 0 Å². The lowest BCUT2D eigenvalue weighted by molar-refractivity contribution is -0.121. The quantitative estimate of drug-likeness (QED) is 0.649. The monoisotopic (exact) mass is 183 g/mol. The Kier molecular flexibility index (Phi) is 4.56. The highest BCUT2D eigenvalue weighted by Crippen LogP contribution is 2.15. The molecule has 0 aromatic carbocycles. The molecule has 0 heterocycles. The number of carbonyl (C=O) groups is 2. The van der Waals surface area contributed by atoms with Gasteiger partial charge < -0.3 is 5.73 Å². The van der Waals surface area contributed by atoms with Crippen LogP contribution in [0.25, 0.3) is 0 Å². The second-order valence-corrected chi connectivity index (χ2v) is 3.46. The van der Waals surface area contributed by atoms with E-state index < -0.39 is 6.04 Å². The summed E-state index contributed by atoms with van der Waals surface area (Å²) in [5.41, 5.74) is 6.32. The SMILES string of the molecule is C=C(C)C(CC(N)C(C)=O)C(C)=O. The molecule has 0 fully saturated rings. The van der Waals surface area contributed by atoms with E-state index in [0.717, 1.165) is 5.57 Å². The Balaban J connectivity index is 4.35. The predicted molar refractivity (Wildman–Crippen MR) is 52.3 cm³/mol. The summed E-state index contributed by atoms with van der Waals surface area (Å²) in [7, 11) is 0.